The van der Waals surface area contributed by atoms with Gasteiger partial charge in [0.05, 0.1) is 0 Å². The van der Waals surface area contributed by atoms with E-state index >= 15 is 0 Å². The van der Waals surface area contributed by atoms with Crippen molar-refractivity contribution in [3.8, 4) is 11.5 Å². The molecular formula is C28H38Cl2N4O2. The maximum absolute atomic E-state index is 13.2. The number of hydrogen-bond donors (Lipinski definition) is 0. The lowest BCUT2D eigenvalue weighted by atomic mass is 9.89. The first-order valence-corrected chi connectivity index (χ1v) is 13.3. The number of carbonyl (C=O) groups is 1. The number of Topliss-reactive ketones (excluding diaryl/α,β-unsaturated/α-hetero) is 1. The lowest BCUT2D eigenvalue weighted by Crippen LogP contribution is -2.17. The lowest BCUT2D eigenvalue weighted by molar-refractivity contribution is -0.118. The Kier molecular flexibility index (Phi) is 9.76. The number of aromatic nitrogens is 4. The molecule has 8 heteroatoms. The number of carbonyl (C=O) groups excluding carboxylic acids is 1. The third-order valence-corrected chi connectivity index (χ3v) is 6.91. The van der Waals surface area contributed by atoms with Crippen molar-refractivity contribution in [1.29, 1.82) is 0 Å². The number of rotatable bonds is 12. The summed E-state index contributed by atoms with van der Waals surface area (Å²) in [6, 6.07) is 8.10. The minimum atomic E-state index is 0. The summed E-state index contributed by atoms with van der Waals surface area (Å²) in [6.07, 6.45) is 5.86. The van der Waals surface area contributed by atoms with E-state index in [0.717, 1.165) is 66.3 Å². The number of benzene rings is 1. The Morgan fingerprint density at radius 1 is 1.14 bits per heavy atom. The maximum atomic E-state index is 13.2. The second-order valence-electron chi connectivity index (χ2n) is 10.9. The molecular weight excluding hydrogens is 495 g/mol. The Morgan fingerprint density at radius 2 is 1.89 bits per heavy atom. The highest BCUT2D eigenvalue weighted by Gasteiger charge is 2.34. The Morgan fingerprint density at radius 3 is 2.53 bits per heavy atom. The van der Waals surface area contributed by atoms with Crippen LogP contribution in [0.2, 0.25) is 5.02 Å². The van der Waals surface area contributed by atoms with Gasteiger partial charge in [0.25, 0.3) is 0 Å². The SMILES string of the molecule is Cc1cc(Cl)ccc1CC(=O)C[C@H](CC(C)C)c1nnc(-c2cc(CCC(C)C)on2)n1C1CC1.Cl. The average Bonchev–Trinajstić information content (AvgIpc) is 3.34. The molecule has 1 aliphatic rings. The van der Waals surface area contributed by atoms with Crippen LogP contribution in [-0.2, 0) is 17.6 Å². The van der Waals surface area contributed by atoms with Gasteiger partial charge >= 0.3 is 0 Å². The van der Waals surface area contributed by atoms with Gasteiger partial charge in [-0.25, -0.2) is 0 Å². The van der Waals surface area contributed by atoms with Crippen LogP contribution >= 0.6 is 24.0 Å². The van der Waals surface area contributed by atoms with Crippen LogP contribution in [-0.4, -0.2) is 25.7 Å². The van der Waals surface area contributed by atoms with Gasteiger partial charge in [0.15, 0.2) is 11.5 Å². The first-order chi connectivity index (χ1) is 16.7. The van der Waals surface area contributed by atoms with E-state index in [1.807, 2.05) is 31.2 Å². The molecule has 0 saturated heterocycles. The van der Waals surface area contributed by atoms with Gasteiger partial charge < -0.3 is 9.09 Å². The highest BCUT2D eigenvalue weighted by Crippen LogP contribution is 2.42. The molecule has 6 nitrogen and oxygen atoms in total. The van der Waals surface area contributed by atoms with E-state index in [-0.39, 0.29) is 24.1 Å². The van der Waals surface area contributed by atoms with Crippen LogP contribution in [0, 0.1) is 18.8 Å². The molecule has 0 radical (unpaired) electrons. The van der Waals surface area contributed by atoms with Crippen LogP contribution in [0.3, 0.4) is 0 Å². The molecule has 0 bridgehead atoms. The zero-order valence-corrected chi connectivity index (χ0v) is 23.5. The molecule has 0 unspecified atom stereocenters. The molecule has 2 heterocycles. The Labute approximate surface area is 225 Å². The van der Waals surface area contributed by atoms with E-state index in [9.17, 15) is 4.79 Å². The standard InChI is InChI=1S/C28H37ClN4O2.ClH/c1-17(2)6-11-25-16-26(32-35-25)28-31-30-27(33(28)23-9-10-23)21(12-18(3)4)15-24(34)14-20-7-8-22(29)13-19(20)5;/h7-8,13,16-18,21,23H,6,9-12,14-15H2,1-5H3;1H/t21-;/m0./s1. The van der Waals surface area contributed by atoms with E-state index in [0.29, 0.717) is 35.7 Å². The van der Waals surface area contributed by atoms with Gasteiger partial charge in [-0.15, -0.1) is 22.6 Å². The fraction of sp³-hybridized carbons (Fsp3) is 0.571. The molecule has 1 aromatic carbocycles. The molecule has 1 fully saturated rings. The second kappa shape index (κ2) is 12.4. The van der Waals surface area contributed by atoms with Gasteiger partial charge in [-0.2, -0.15) is 0 Å². The molecule has 4 rings (SSSR count). The largest absolute Gasteiger partial charge is 0.361 e. The third kappa shape index (κ3) is 7.19. The van der Waals surface area contributed by atoms with Gasteiger partial charge in [-0.3, -0.25) is 4.79 Å². The maximum Gasteiger partial charge on any atom is 0.186 e. The third-order valence-electron chi connectivity index (χ3n) is 6.68. The molecule has 196 valence electrons. The lowest BCUT2D eigenvalue weighted by Gasteiger charge is -2.19. The molecule has 3 aromatic rings. The van der Waals surface area contributed by atoms with Crippen LogP contribution in [0.5, 0.6) is 0 Å². The molecule has 0 spiro atoms. The summed E-state index contributed by atoms with van der Waals surface area (Å²) in [4.78, 5) is 13.2. The van der Waals surface area contributed by atoms with Crippen molar-refractivity contribution >= 4 is 29.8 Å². The first-order valence-electron chi connectivity index (χ1n) is 12.9. The summed E-state index contributed by atoms with van der Waals surface area (Å²) in [5.41, 5.74) is 2.82. The number of ketones is 1. The van der Waals surface area contributed by atoms with Crippen molar-refractivity contribution in [3.05, 3.63) is 52.0 Å². The Hall–Kier alpha value is -2.18. The van der Waals surface area contributed by atoms with Crippen molar-refractivity contribution in [2.24, 2.45) is 11.8 Å². The molecule has 36 heavy (non-hydrogen) atoms. The molecule has 0 amide bonds. The fourth-order valence-corrected chi connectivity index (χ4v) is 4.91. The second-order valence-corrected chi connectivity index (χ2v) is 11.3. The number of nitrogens with zero attached hydrogens (tertiary/aromatic N) is 4. The van der Waals surface area contributed by atoms with Gasteiger partial charge in [-0.05, 0) is 67.7 Å². The van der Waals surface area contributed by atoms with Gasteiger partial charge in [0, 0.05) is 42.3 Å². The van der Waals surface area contributed by atoms with Crippen LogP contribution in [0.15, 0.2) is 28.8 Å². The Bertz CT molecular complexity index is 1160. The molecule has 2 aromatic heterocycles. The molecule has 1 atom stereocenters. The smallest absolute Gasteiger partial charge is 0.186 e. The molecule has 0 aliphatic heterocycles. The van der Waals surface area contributed by atoms with Crippen molar-refractivity contribution in [2.45, 2.75) is 91.5 Å². The summed E-state index contributed by atoms with van der Waals surface area (Å²) >= 11 is 6.10. The number of aryl methyl sites for hydroxylation is 2. The van der Waals surface area contributed by atoms with Crippen molar-refractivity contribution in [1.82, 2.24) is 19.9 Å². The summed E-state index contributed by atoms with van der Waals surface area (Å²) < 4.78 is 7.85. The fourth-order valence-electron chi connectivity index (χ4n) is 4.68. The van der Waals surface area contributed by atoms with E-state index in [1.54, 1.807) is 0 Å². The predicted molar refractivity (Wildman–Crippen MR) is 146 cm³/mol. The van der Waals surface area contributed by atoms with Crippen molar-refractivity contribution < 1.29 is 9.32 Å². The van der Waals surface area contributed by atoms with Crippen LogP contribution in [0.4, 0.5) is 0 Å². The predicted octanol–water partition coefficient (Wildman–Crippen LogP) is 7.57. The van der Waals surface area contributed by atoms with Gasteiger partial charge in [-0.1, -0.05) is 50.5 Å². The minimum absolute atomic E-state index is 0. The normalized spacial score (nSPS) is 14.3. The molecule has 1 aliphatic carbocycles. The average molecular weight is 534 g/mol. The quantitative estimate of drug-likeness (QED) is 0.240. The zero-order valence-electron chi connectivity index (χ0n) is 22.0. The van der Waals surface area contributed by atoms with E-state index in [4.69, 9.17) is 16.1 Å². The van der Waals surface area contributed by atoms with E-state index in [1.165, 1.54) is 0 Å². The molecule has 1 saturated carbocycles. The van der Waals surface area contributed by atoms with Crippen molar-refractivity contribution in [2.75, 3.05) is 0 Å². The highest BCUT2D eigenvalue weighted by atomic mass is 35.5. The van der Waals surface area contributed by atoms with Crippen molar-refractivity contribution in [3.63, 3.8) is 0 Å². The van der Waals surface area contributed by atoms with Crippen LogP contribution in [0.1, 0.15) is 94.5 Å². The summed E-state index contributed by atoms with van der Waals surface area (Å²) in [5, 5.41) is 14.2. The number of halogens is 2. The Balaban J connectivity index is 0.00000361. The van der Waals surface area contributed by atoms with Gasteiger partial charge in [0.1, 0.15) is 17.4 Å². The number of hydrogen-bond acceptors (Lipinski definition) is 5. The summed E-state index contributed by atoms with van der Waals surface area (Å²) in [6.45, 7) is 10.8. The van der Waals surface area contributed by atoms with Crippen LogP contribution in [0.25, 0.3) is 11.5 Å². The van der Waals surface area contributed by atoms with E-state index in [2.05, 4.69) is 47.6 Å². The topological polar surface area (TPSA) is 73.8 Å². The summed E-state index contributed by atoms with van der Waals surface area (Å²) in [5.74, 6) is 3.83. The summed E-state index contributed by atoms with van der Waals surface area (Å²) in [7, 11) is 0. The highest BCUT2D eigenvalue weighted by molar-refractivity contribution is 6.30. The monoisotopic (exact) mass is 532 g/mol. The van der Waals surface area contributed by atoms with E-state index < -0.39 is 0 Å². The minimum Gasteiger partial charge on any atom is -0.361 e. The van der Waals surface area contributed by atoms with Crippen LogP contribution < -0.4 is 0 Å². The molecule has 0 N–H and O–H groups in total. The zero-order chi connectivity index (χ0) is 25.1. The van der Waals surface area contributed by atoms with Gasteiger partial charge in [0.2, 0.25) is 0 Å². The first kappa shape index (κ1) is 28.4.